The average Bonchev–Trinajstić information content (AvgIpc) is 2.89. The van der Waals surface area contributed by atoms with Gasteiger partial charge in [-0.2, -0.15) is 0 Å². The van der Waals surface area contributed by atoms with E-state index in [1.807, 2.05) is 13.1 Å². The minimum absolute atomic E-state index is 0.0681. The van der Waals surface area contributed by atoms with E-state index in [-0.39, 0.29) is 6.04 Å². The van der Waals surface area contributed by atoms with E-state index in [4.69, 9.17) is 14.2 Å². The molecule has 0 spiro atoms. The summed E-state index contributed by atoms with van der Waals surface area (Å²) in [6.07, 6.45) is 1.62. The van der Waals surface area contributed by atoms with E-state index in [9.17, 15) is 9.90 Å². The molecule has 0 amide bonds. The number of nitrogens with two attached hydrogens (primary N) is 1. The number of fused-ring (bicyclic) bond motifs is 3. The Morgan fingerprint density at radius 1 is 1.08 bits per heavy atom. The van der Waals surface area contributed by atoms with Gasteiger partial charge in [0.05, 0.1) is 28.4 Å². The molecular formula is C20H23NO5. The SMILES string of the molecule is C[NH2+][C@H]1CCc2cc(OC)c(OC)c(OC)c2-c2ccc([O-])c(=O)cc21. The van der Waals surface area contributed by atoms with Gasteiger partial charge in [-0.15, -0.1) is 0 Å². The molecule has 0 aliphatic heterocycles. The first-order valence-electron chi connectivity index (χ1n) is 8.52. The minimum Gasteiger partial charge on any atom is -0.870 e. The third-order valence-electron chi connectivity index (χ3n) is 4.95. The van der Waals surface area contributed by atoms with Crippen LogP contribution in [0.5, 0.6) is 23.0 Å². The van der Waals surface area contributed by atoms with Gasteiger partial charge >= 0.3 is 0 Å². The van der Waals surface area contributed by atoms with Gasteiger partial charge in [-0.25, -0.2) is 0 Å². The maximum absolute atomic E-state index is 12.2. The van der Waals surface area contributed by atoms with Gasteiger partial charge in [0.1, 0.15) is 6.04 Å². The van der Waals surface area contributed by atoms with Gasteiger partial charge in [-0.05, 0) is 29.7 Å². The van der Waals surface area contributed by atoms with Crippen molar-refractivity contribution < 1.29 is 24.6 Å². The quantitative estimate of drug-likeness (QED) is 0.882. The summed E-state index contributed by atoms with van der Waals surface area (Å²) < 4.78 is 16.7. The molecule has 6 nitrogen and oxygen atoms in total. The van der Waals surface area contributed by atoms with Gasteiger partial charge in [0.25, 0.3) is 0 Å². The highest BCUT2D eigenvalue weighted by Crippen LogP contribution is 2.49. The number of hydrogen-bond donors (Lipinski definition) is 1. The largest absolute Gasteiger partial charge is 0.870 e. The van der Waals surface area contributed by atoms with Crippen molar-refractivity contribution in [3.8, 4) is 34.1 Å². The molecule has 1 aliphatic carbocycles. The maximum Gasteiger partial charge on any atom is 0.203 e. The van der Waals surface area contributed by atoms with Crippen molar-refractivity contribution in [1.29, 1.82) is 0 Å². The van der Waals surface area contributed by atoms with E-state index >= 15 is 0 Å². The molecule has 0 unspecified atom stereocenters. The molecule has 0 saturated carbocycles. The number of quaternary nitrogens is 1. The molecule has 2 aromatic carbocycles. The fourth-order valence-corrected chi connectivity index (χ4v) is 3.67. The van der Waals surface area contributed by atoms with Crippen LogP contribution in [0.1, 0.15) is 23.6 Å². The summed E-state index contributed by atoms with van der Waals surface area (Å²) in [5, 5.41) is 14.0. The lowest BCUT2D eigenvalue weighted by atomic mass is 9.95. The predicted octanol–water partition coefficient (Wildman–Crippen LogP) is 0.994. The Morgan fingerprint density at radius 2 is 1.81 bits per heavy atom. The number of aryl methyl sites for hydroxylation is 1. The fourth-order valence-electron chi connectivity index (χ4n) is 3.67. The summed E-state index contributed by atoms with van der Waals surface area (Å²) in [5.41, 5.74) is 3.04. The molecule has 0 fully saturated rings. The van der Waals surface area contributed by atoms with Crippen molar-refractivity contribution in [3.05, 3.63) is 45.6 Å². The number of ether oxygens (including phenoxy) is 3. The van der Waals surface area contributed by atoms with Gasteiger partial charge in [-0.3, -0.25) is 4.79 Å². The van der Waals surface area contributed by atoms with E-state index in [1.54, 1.807) is 27.4 Å². The van der Waals surface area contributed by atoms with E-state index < -0.39 is 11.2 Å². The van der Waals surface area contributed by atoms with Crippen molar-refractivity contribution in [2.45, 2.75) is 18.9 Å². The van der Waals surface area contributed by atoms with Crippen LogP contribution in [0.25, 0.3) is 11.1 Å². The second-order valence-electron chi connectivity index (χ2n) is 6.23. The van der Waals surface area contributed by atoms with Crippen LogP contribution in [-0.2, 0) is 6.42 Å². The summed E-state index contributed by atoms with van der Waals surface area (Å²) in [4.78, 5) is 12.2. The van der Waals surface area contributed by atoms with Gasteiger partial charge in [0.15, 0.2) is 16.9 Å². The Bertz CT molecular complexity index is 894. The molecule has 0 aromatic heterocycles. The van der Waals surface area contributed by atoms with Crippen molar-refractivity contribution >= 4 is 0 Å². The number of benzene rings is 1. The number of rotatable bonds is 4. The molecule has 6 heteroatoms. The summed E-state index contributed by atoms with van der Waals surface area (Å²) >= 11 is 0. The Morgan fingerprint density at radius 3 is 2.42 bits per heavy atom. The molecule has 2 aromatic rings. The van der Waals surface area contributed by atoms with Gasteiger partial charge in [0, 0.05) is 17.5 Å². The highest BCUT2D eigenvalue weighted by Gasteiger charge is 2.29. The standard InChI is InChI=1S/C20H23NO5/c1-21-14-7-5-11-9-17(24-2)19(25-3)20(26-4)18(11)12-6-8-15(22)16(23)10-13(12)14/h6,8-10,14,21H,5,7H2,1-4H3,(H,22,23)/t14-/m0/s1. The van der Waals surface area contributed by atoms with Crippen molar-refractivity contribution in [2.75, 3.05) is 28.4 Å². The van der Waals surface area contributed by atoms with Crippen molar-refractivity contribution in [2.24, 2.45) is 0 Å². The van der Waals surface area contributed by atoms with Crippen LogP contribution < -0.4 is 30.1 Å². The zero-order valence-corrected chi connectivity index (χ0v) is 15.4. The summed E-state index contributed by atoms with van der Waals surface area (Å²) in [6.45, 7) is 0. The van der Waals surface area contributed by atoms with E-state index in [0.29, 0.717) is 17.2 Å². The van der Waals surface area contributed by atoms with Crippen LogP contribution >= 0.6 is 0 Å². The molecule has 26 heavy (non-hydrogen) atoms. The Labute approximate surface area is 152 Å². The normalized spacial score (nSPS) is 15.5. The van der Waals surface area contributed by atoms with Crippen molar-refractivity contribution in [3.63, 3.8) is 0 Å². The topological polar surface area (TPSA) is 84.4 Å². The molecule has 138 valence electrons. The van der Waals surface area contributed by atoms with Gasteiger partial charge < -0.3 is 24.6 Å². The third-order valence-corrected chi connectivity index (χ3v) is 4.95. The molecule has 0 saturated heterocycles. The van der Waals surface area contributed by atoms with E-state index in [2.05, 4.69) is 5.32 Å². The second-order valence-corrected chi connectivity index (χ2v) is 6.23. The van der Waals surface area contributed by atoms with E-state index in [1.165, 1.54) is 12.1 Å². The monoisotopic (exact) mass is 357 g/mol. The second kappa shape index (κ2) is 7.25. The van der Waals surface area contributed by atoms with Crippen LogP contribution in [0.15, 0.2) is 29.1 Å². The summed E-state index contributed by atoms with van der Waals surface area (Å²) in [6, 6.07) is 6.53. The zero-order valence-electron chi connectivity index (χ0n) is 15.4. The maximum atomic E-state index is 12.2. The molecule has 0 bridgehead atoms. The van der Waals surface area contributed by atoms with Gasteiger partial charge in [0.2, 0.25) is 5.75 Å². The highest BCUT2D eigenvalue weighted by atomic mass is 16.5. The molecule has 0 radical (unpaired) electrons. The van der Waals surface area contributed by atoms with Crippen LogP contribution in [0.3, 0.4) is 0 Å². The fraction of sp³-hybridized carbons (Fsp3) is 0.350. The molecule has 1 aliphatic rings. The zero-order chi connectivity index (χ0) is 18.8. The highest BCUT2D eigenvalue weighted by molar-refractivity contribution is 5.82. The minimum atomic E-state index is -0.520. The Balaban J connectivity index is 2.44. The van der Waals surface area contributed by atoms with Crippen molar-refractivity contribution in [1.82, 2.24) is 0 Å². The molecule has 3 rings (SSSR count). The van der Waals surface area contributed by atoms with Crippen LogP contribution in [-0.4, -0.2) is 28.4 Å². The molecule has 2 N–H and O–H groups in total. The summed E-state index contributed by atoms with van der Waals surface area (Å²) in [5.74, 6) is 1.12. The smallest absolute Gasteiger partial charge is 0.203 e. The first-order valence-corrected chi connectivity index (χ1v) is 8.52. The average molecular weight is 357 g/mol. The van der Waals surface area contributed by atoms with Crippen LogP contribution in [0.2, 0.25) is 0 Å². The first kappa shape index (κ1) is 18.1. The van der Waals surface area contributed by atoms with Crippen LogP contribution in [0, 0.1) is 0 Å². The van der Waals surface area contributed by atoms with Crippen LogP contribution in [0.4, 0.5) is 0 Å². The third kappa shape index (κ3) is 2.86. The van der Waals surface area contributed by atoms with Gasteiger partial charge in [-0.1, -0.05) is 17.9 Å². The Kier molecular flexibility index (Phi) is 5.04. The predicted molar refractivity (Wildman–Crippen MR) is 96.2 cm³/mol. The number of methoxy groups -OCH3 is 3. The lowest BCUT2D eigenvalue weighted by Gasteiger charge is -2.19. The number of hydrogen-bond acceptors (Lipinski definition) is 5. The Hall–Kier alpha value is -2.73. The molecule has 0 heterocycles. The lowest BCUT2D eigenvalue weighted by molar-refractivity contribution is -0.670. The molecule has 1 atom stereocenters. The first-order chi connectivity index (χ1) is 12.5. The molecular weight excluding hydrogens is 334 g/mol. The van der Waals surface area contributed by atoms with E-state index in [0.717, 1.165) is 35.1 Å². The lowest BCUT2D eigenvalue weighted by Crippen LogP contribution is -2.81. The summed E-state index contributed by atoms with van der Waals surface area (Å²) in [7, 11) is 6.69.